The minimum atomic E-state index is -5.08. The predicted molar refractivity (Wildman–Crippen MR) is 96.7 cm³/mol. The number of carbonyl (C=O) groups excluding carboxylic acids is 1. The fourth-order valence-electron chi connectivity index (χ4n) is 2.99. The van der Waals surface area contributed by atoms with Gasteiger partial charge in [-0.25, -0.2) is 4.79 Å². The second-order valence-corrected chi connectivity index (χ2v) is 8.22. The van der Waals surface area contributed by atoms with Gasteiger partial charge in [-0.05, 0) is 19.4 Å². The summed E-state index contributed by atoms with van der Waals surface area (Å²) >= 11 is 0. The smallest absolute Gasteiger partial charge is 0.423 e. The van der Waals surface area contributed by atoms with Crippen LogP contribution in [0.4, 0.5) is 18.0 Å². The molecule has 1 heterocycles. The molecule has 10 heteroatoms. The number of ether oxygens (including phenoxy) is 1. The normalized spacial score (nSPS) is 20.2. The first-order valence-electron chi connectivity index (χ1n) is 8.81. The Balaban J connectivity index is 2.42. The van der Waals surface area contributed by atoms with Crippen molar-refractivity contribution in [2.45, 2.75) is 38.3 Å². The molecule has 0 bridgehead atoms. The van der Waals surface area contributed by atoms with Gasteiger partial charge in [-0.2, -0.15) is 13.2 Å². The van der Waals surface area contributed by atoms with Crippen LogP contribution in [0.1, 0.15) is 25.8 Å². The van der Waals surface area contributed by atoms with E-state index in [1.807, 2.05) is 0 Å². The average Bonchev–Trinajstić information content (AvgIpc) is 2.66. The van der Waals surface area contributed by atoms with Crippen LogP contribution in [0.2, 0.25) is 0 Å². The number of halogens is 3. The third kappa shape index (κ3) is 4.26. The molecular formula is C18H23F3NO5P. The summed E-state index contributed by atoms with van der Waals surface area (Å²) in [7, 11) is -4.80. The Bertz CT molecular complexity index is 730. The van der Waals surface area contributed by atoms with E-state index in [1.54, 1.807) is 30.3 Å². The number of alkyl halides is 3. The van der Waals surface area contributed by atoms with Gasteiger partial charge in [0.2, 0.25) is 5.28 Å². The highest BCUT2D eigenvalue weighted by atomic mass is 31.2. The lowest BCUT2D eigenvalue weighted by atomic mass is 10.1. The Kier molecular flexibility index (Phi) is 7.31. The van der Waals surface area contributed by atoms with Crippen LogP contribution in [-0.2, 0) is 25.0 Å². The molecule has 1 atom stereocenters. The van der Waals surface area contributed by atoms with Gasteiger partial charge >= 0.3 is 19.9 Å². The molecule has 2 rings (SSSR count). The third-order valence-electron chi connectivity index (χ3n) is 4.23. The molecule has 1 aromatic rings. The second-order valence-electron chi connectivity index (χ2n) is 5.97. The molecule has 0 radical (unpaired) electrons. The average molecular weight is 421 g/mol. The molecular weight excluding hydrogens is 398 g/mol. The van der Waals surface area contributed by atoms with Crippen LogP contribution >= 0.6 is 7.60 Å². The molecule has 1 aliphatic rings. The SMILES string of the molecule is CCOP(=O)(OCC)C1(C(F)(F)F)CC=CCN1C(=O)OCc1ccccc1. The number of rotatable bonds is 7. The summed E-state index contributed by atoms with van der Waals surface area (Å²) in [5.41, 5.74) is 0.610. The van der Waals surface area contributed by atoms with Gasteiger partial charge in [-0.3, -0.25) is 9.46 Å². The van der Waals surface area contributed by atoms with Crippen molar-refractivity contribution in [1.82, 2.24) is 4.90 Å². The first-order valence-corrected chi connectivity index (χ1v) is 10.4. The van der Waals surface area contributed by atoms with Gasteiger partial charge in [0.15, 0.2) is 0 Å². The fourth-order valence-corrected chi connectivity index (χ4v) is 5.27. The zero-order valence-corrected chi connectivity index (χ0v) is 16.5. The summed E-state index contributed by atoms with van der Waals surface area (Å²) < 4.78 is 71.3. The second kappa shape index (κ2) is 9.11. The maximum atomic E-state index is 14.3. The summed E-state index contributed by atoms with van der Waals surface area (Å²) in [5, 5.41) is -3.16. The monoisotopic (exact) mass is 421 g/mol. The first-order chi connectivity index (χ1) is 13.2. The van der Waals surface area contributed by atoms with E-state index in [2.05, 4.69) is 0 Å². The van der Waals surface area contributed by atoms with Gasteiger partial charge in [-0.15, -0.1) is 0 Å². The molecule has 1 unspecified atom stereocenters. The van der Waals surface area contributed by atoms with Crippen LogP contribution in [0.15, 0.2) is 42.5 Å². The van der Waals surface area contributed by atoms with Crippen LogP contribution in [0.25, 0.3) is 0 Å². The van der Waals surface area contributed by atoms with Crippen LogP contribution in [-0.4, -0.2) is 42.2 Å². The Hall–Kier alpha value is -1.83. The molecule has 0 N–H and O–H groups in total. The maximum absolute atomic E-state index is 14.3. The molecule has 0 aromatic heterocycles. The largest absolute Gasteiger partial charge is 0.445 e. The van der Waals surface area contributed by atoms with Crippen molar-refractivity contribution in [2.24, 2.45) is 0 Å². The first kappa shape index (κ1) is 22.5. The van der Waals surface area contributed by atoms with Crippen molar-refractivity contribution in [2.75, 3.05) is 19.8 Å². The summed E-state index contributed by atoms with van der Waals surface area (Å²) in [6.45, 7) is 1.62. The number of carbonyl (C=O) groups is 1. The van der Waals surface area contributed by atoms with Gasteiger partial charge in [-0.1, -0.05) is 42.5 Å². The van der Waals surface area contributed by atoms with Crippen molar-refractivity contribution in [3.05, 3.63) is 48.0 Å². The fraction of sp³-hybridized carbons (Fsp3) is 0.500. The Morgan fingerprint density at radius 3 is 2.29 bits per heavy atom. The zero-order chi connectivity index (χ0) is 20.8. The number of hydrogen-bond acceptors (Lipinski definition) is 5. The number of hydrogen-bond donors (Lipinski definition) is 0. The van der Waals surface area contributed by atoms with Gasteiger partial charge in [0, 0.05) is 13.0 Å². The highest BCUT2D eigenvalue weighted by Crippen LogP contribution is 2.69. The third-order valence-corrected chi connectivity index (χ3v) is 7.01. The minimum Gasteiger partial charge on any atom is -0.445 e. The summed E-state index contributed by atoms with van der Waals surface area (Å²) in [5.74, 6) is 0. The van der Waals surface area contributed by atoms with Gasteiger partial charge in [0.05, 0.1) is 13.2 Å². The molecule has 156 valence electrons. The topological polar surface area (TPSA) is 65.1 Å². The van der Waals surface area contributed by atoms with Gasteiger partial charge in [0.1, 0.15) is 6.61 Å². The molecule has 1 aliphatic heterocycles. The van der Waals surface area contributed by atoms with E-state index in [0.29, 0.717) is 10.5 Å². The number of nitrogens with zero attached hydrogens (tertiary/aromatic N) is 1. The lowest BCUT2D eigenvalue weighted by molar-refractivity contribution is -0.202. The molecule has 6 nitrogen and oxygen atoms in total. The maximum Gasteiger partial charge on any atom is 0.423 e. The lowest BCUT2D eigenvalue weighted by Gasteiger charge is -2.47. The molecule has 0 spiro atoms. The Morgan fingerprint density at radius 2 is 1.75 bits per heavy atom. The van der Waals surface area contributed by atoms with Crippen molar-refractivity contribution in [3.63, 3.8) is 0 Å². The molecule has 1 amide bonds. The Labute approximate surface area is 161 Å². The minimum absolute atomic E-state index is 0.221. The van der Waals surface area contributed by atoms with Crippen LogP contribution in [0.5, 0.6) is 0 Å². The van der Waals surface area contributed by atoms with E-state index in [1.165, 1.54) is 26.0 Å². The zero-order valence-electron chi connectivity index (χ0n) is 15.6. The van der Waals surface area contributed by atoms with Crippen molar-refractivity contribution >= 4 is 13.7 Å². The van der Waals surface area contributed by atoms with E-state index in [0.717, 1.165) is 0 Å². The predicted octanol–water partition coefficient (Wildman–Crippen LogP) is 5.11. The molecule has 0 fully saturated rings. The van der Waals surface area contributed by atoms with Gasteiger partial charge < -0.3 is 13.8 Å². The molecule has 1 aromatic carbocycles. The van der Waals surface area contributed by atoms with Crippen LogP contribution in [0.3, 0.4) is 0 Å². The van der Waals surface area contributed by atoms with Crippen molar-refractivity contribution in [3.8, 4) is 0 Å². The van der Waals surface area contributed by atoms with Crippen molar-refractivity contribution < 1.29 is 36.3 Å². The standard InChI is InChI=1S/C18H23F3NO5P/c1-3-26-28(24,27-4-2)17(18(19,20)21)12-8-9-13-22(17)16(23)25-14-15-10-6-5-7-11-15/h5-11H,3-4,12-14H2,1-2H3. The summed E-state index contributed by atoms with van der Waals surface area (Å²) in [4.78, 5) is 13.0. The molecule has 0 saturated carbocycles. The number of benzene rings is 1. The molecule has 0 aliphatic carbocycles. The van der Waals surface area contributed by atoms with E-state index < -0.39 is 38.1 Å². The molecule has 28 heavy (non-hydrogen) atoms. The van der Waals surface area contributed by atoms with Crippen LogP contribution in [0, 0.1) is 0 Å². The number of amides is 1. The molecule has 0 saturated heterocycles. The quantitative estimate of drug-likeness (QED) is 0.452. The summed E-state index contributed by atoms with van der Waals surface area (Å²) in [6.07, 6.45) is -4.47. The highest BCUT2D eigenvalue weighted by Gasteiger charge is 2.72. The van der Waals surface area contributed by atoms with E-state index in [-0.39, 0.29) is 19.8 Å². The van der Waals surface area contributed by atoms with Crippen molar-refractivity contribution in [1.29, 1.82) is 0 Å². The van der Waals surface area contributed by atoms with Crippen LogP contribution < -0.4 is 0 Å². The highest BCUT2D eigenvalue weighted by molar-refractivity contribution is 7.55. The Morgan fingerprint density at radius 1 is 1.14 bits per heavy atom. The van der Waals surface area contributed by atoms with Gasteiger partial charge in [0.25, 0.3) is 0 Å². The summed E-state index contributed by atoms with van der Waals surface area (Å²) in [6, 6.07) is 8.53. The van der Waals surface area contributed by atoms with E-state index >= 15 is 0 Å². The van der Waals surface area contributed by atoms with E-state index in [4.69, 9.17) is 13.8 Å². The lowest BCUT2D eigenvalue weighted by Crippen LogP contribution is -2.62. The van der Waals surface area contributed by atoms with E-state index in [9.17, 15) is 22.5 Å².